The van der Waals surface area contributed by atoms with Gasteiger partial charge in [0.25, 0.3) is 0 Å². The van der Waals surface area contributed by atoms with Gasteiger partial charge in [-0.15, -0.1) is 11.3 Å². The lowest BCUT2D eigenvalue weighted by Crippen LogP contribution is -2.23. The van der Waals surface area contributed by atoms with Gasteiger partial charge in [0.05, 0.1) is 10.6 Å². The van der Waals surface area contributed by atoms with Crippen LogP contribution in [0.15, 0.2) is 28.9 Å². The Morgan fingerprint density at radius 1 is 1.33 bits per heavy atom. The van der Waals surface area contributed by atoms with Gasteiger partial charge in [-0.3, -0.25) is 0 Å². The number of thiophene rings is 1. The zero-order chi connectivity index (χ0) is 13.0. The van der Waals surface area contributed by atoms with Crippen LogP contribution in [-0.2, 0) is 12.8 Å². The largest absolute Gasteiger partial charge is 0.469 e. The second kappa shape index (κ2) is 6.41. The fraction of sp³-hybridized carbons (Fsp3) is 0.429. The molecule has 0 saturated heterocycles. The van der Waals surface area contributed by atoms with E-state index in [0.29, 0.717) is 6.04 Å². The lowest BCUT2D eigenvalue weighted by molar-refractivity contribution is 0.488. The summed E-state index contributed by atoms with van der Waals surface area (Å²) < 4.78 is 6.37. The van der Waals surface area contributed by atoms with Gasteiger partial charge < -0.3 is 9.73 Å². The fourth-order valence-corrected chi connectivity index (χ4v) is 3.28. The van der Waals surface area contributed by atoms with Crippen LogP contribution in [0.5, 0.6) is 0 Å². The molecule has 1 unspecified atom stereocenters. The Labute approximate surface area is 117 Å². The second-order valence-corrected chi connectivity index (χ2v) is 5.97. The number of hydrogen-bond donors (Lipinski definition) is 1. The minimum atomic E-state index is 0.304. The van der Waals surface area contributed by atoms with E-state index in [2.05, 4.69) is 31.3 Å². The zero-order valence-corrected chi connectivity index (χ0v) is 12.3. The van der Waals surface area contributed by atoms with Gasteiger partial charge in [0.2, 0.25) is 0 Å². The Morgan fingerprint density at radius 2 is 2.17 bits per heavy atom. The summed E-state index contributed by atoms with van der Waals surface area (Å²) in [5.74, 6) is 1.07. The molecular formula is C14H18ClNOS. The van der Waals surface area contributed by atoms with Gasteiger partial charge >= 0.3 is 0 Å². The van der Waals surface area contributed by atoms with E-state index in [1.54, 1.807) is 17.6 Å². The molecule has 1 N–H and O–H groups in total. The number of hydrogen-bond acceptors (Lipinski definition) is 3. The van der Waals surface area contributed by atoms with Crippen LogP contribution in [0, 0.1) is 0 Å². The van der Waals surface area contributed by atoms with Crippen molar-refractivity contribution in [2.75, 3.05) is 6.54 Å². The third-order valence-corrected chi connectivity index (χ3v) is 4.21. The average Bonchev–Trinajstić information content (AvgIpc) is 2.97. The van der Waals surface area contributed by atoms with Gasteiger partial charge in [-0.05, 0) is 24.7 Å². The highest BCUT2D eigenvalue weighted by Crippen LogP contribution is 2.28. The van der Waals surface area contributed by atoms with Gasteiger partial charge in [0, 0.05) is 29.3 Å². The minimum Gasteiger partial charge on any atom is -0.469 e. The molecule has 2 aromatic rings. The molecule has 2 aromatic heterocycles. The highest BCUT2D eigenvalue weighted by Gasteiger charge is 2.17. The molecule has 2 heterocycles. The summed E-state index contributed by atoms with van der Waals surface area (Å²) in [6.45, 7) is 5.19. The lowest BCUT2D eigenvalue weighted by atomic mass is 10.0. The first-order valence-electron chi connectivity index (χ1n) is 6.28. The van der Waals surface area contributed by atoms with Crippen molar-refractivity contribution in [2.24, 2.45) is 0 Å². The normalized spacial score (nSPS) is 12.8. The number of likely N-dealkylation sites (N-methyl/N-ethyl adjacent to an activating group) is 1. The molecule has 4 heteroatoms. The Morgan fingerprint density at radius 3 is 2.78 bits per heavy atom. The molecule has 18 heavy (non-hydrogen) atoms. The van der Waals surface area contributed by atoms with Gasteiger partial charge in [-0.2, -0.15) is 0 Å². The zero-order valence-electron chi connectivity index (χ0n) is 10.7. The molecule has 2 rings (SSSR count). The average molecular weight is 284 g/mol. The summed E-state index contributed by atoms with van der Waals surface area (Å²) in [4.78, 5) is 1.30. The minimum absolute atomic E-state index is 0.304. The summed E-state index contributed by atoms with van der Waals surface area (Å²) in [6, 6.07) is 6.43. The maximum atomic E-state index is 5.98. The quantitative estimate of drug-likeness (QED) is 0.847. The van der Waals surface area contributed by atoms with E-state index < -0.39 is 0 Å². The second-order valence-electron chi connectivity index (χ2n) is 4.17. The van der Waals surface area contributed by atoms with E-state index in [1.165, 1.54) is 10.4 Å². The summed E-state index contributed by atoms with van der Waals surface area (Å²) >= 11 is 7.63. The Kier molecular flexibility index (Phi) is 4.87. The van der Waals surface area contributed by atoms with Crippen molar-refractivity contribution in [1.82, 2.24) is 5.32 Å². The molecule has 0 amide bonds. The Bertz CT molecular complexity index is 491. The van der Waals surface area contributed by atoms with Crippen molar-refractivity contribution in [3.8, 4) is 0 Å². The standard InChI is InChI=1S/C14H18ClNOS/c1-3-13-11(7-8-17-13)12(16-4-2)9-10-5-6-14(15)18-10/h5-8,12,16H,3-4,9H2,1-2H3. The maximum absolute atomic E-state index is 5.98. The molecule has 2 nitrogen and oxygen atoms in total. The van der Waals surface area contributed by atoms with E-state index in [0.717, 1.165) is 29.5 Å². The van der Waals surface area contributed by atoms with Gasteiger partial charge in [0.15, 0.2) is 0 Å². The predicted octanol–water partition coefficient (Wildman–Crippen LogP) is 4.45. The lowest BCUT2D eigenvalue weighted by Gasteiger charge is -2.17. The topological polar surface area (TPSA) is 25.2 Å². The number of rotatable bonds is 6. The van der Waals surface area contributed by atoms with Crippen molar-refractivity contribution >= 4 is 22.9 Å². The first kappa shape index (κ1) is 13.7. The molecule has 98 valence electrons. The van der Waals surface area contributed by atoms with Crippen molar-refractivity contribution in [3.05, 3.63) is 45.0 Å². The van der Waals surface area contributed by atoms with Crippen LogP contribution in [0.25, 0.3) is 0 Å². The van der Waals surface area contributed by atoms with E-state index in [9.17, 15) is 0 Å². The monoisotopic (exact) mass is 283 g/mol. The van der Waals surface area contributed by atoms with Gasteiger partial charge in [-0.1, -0.05) is 25.4 Å². The van der Waals surface area contributed by atoms with Crippen molar-refractivity contribution in [2.45, 2.75) is 32.7 Å². The highest BCUT2D eigenvalue weighted by atomic mass is 35.5. The number of aryl methyl sites for hydroxylation is 1. The molecule has 0 saturated carbocycles. The van der Waals surface area contributed by atoms with Crippen molar-refractivity contribution < 1.29 is 4.42 Å². The first-order valence-corrected chi connectivity index (χ1v) is 7.47. The third-order valence-electron chi connectivity index (χ3n) is 2.96. The van der Waals surface area contributed by atoms with Gasteiger partial charge in [0.1, 0.15) is 5.76 Å². The number of halogens is 1. The molecule has 0 radical (unpaired) electrons. The smallest absolute Gasteiger partial charge is 0.108 e. The molecule has 0 spiro atoms. The number of furan rings is 1. The summed E-state index contributed by atoms with van der Waals surface area (Å²) in [5.41, 5.74) is 1.27. The van der Waals surface area contributed by atoms with Crippen LogP contribution in [0.3, 0.4) is 0 Å². The van der Waals surface area contributed by atoms with Crippen LogP contribution in [0.2, 0.25) is 4.34 Å². The predicted molar refractivity (Wildman–Crippen MR) is 77.5 cm³/mol. The molecule has 0 bridgehead atoms. The maximum Gasteiger partial charge on any atom is 0.108 e. The Balaban J connectivity index is 2.17. The van der Waals surface area contributed by atoms with Crippen LogP contribution >= 0.6 is 22.9 Å². The van der Waals surface area contributed by atoms with Crippen molar-refractivity contribution in [3.63, 3.8) is 0 Å². The first-order chi connectivity index (χ1) is 8.74. The third kappa shape index (κ3) is 3.16. The highest BCUT2D eigenvalue weighted by molar-refractivity contribution is 7.16. The summed E-state index contributed by atoms with van der Waals surface area (Å²) in [5, 5.41) is 3.52. The van der Waals surface area contributed by atoms with Crippen LogP contribution in [0.1, 0.15) is 36.1 Å². The SMILES string of the molecule is CCNC(Cc1ccc(Cl)s1)c1ccoc1CC. The van der Waals surface area contributed by atoms with Crippen LogP contribution in [-0.4, -0.2) is 6.54 Å². The fourth-order valence-electron chi connectivity index (χ4n) is 2.15. The van der Waals surface area contributed by atoms with E-state index in [4.69, 9.17) is 16.0 Å². The van der Waals surface area contributed by atoms with Crippen LogP contribution < -0.4 is 5.32 Å². The molecular weight excluding hydrogens is 266 g/mol. The van der Waals surface area contributed by atoms with E-state index in [-0.39, 0.29) is 0 Å². The molecule has 1 atom stereocenters. The molecule has 0 fully saturated rings. The van der Waals surface area contributed by atoms with E-state index >= 15 is 0 Å². The molecule has 0 aliphatic rings. The van der Waals surface area contributed by atoms with Gasteiger partial charge in [-0.25, -0.2) is 0 Å². The van der Waals surface area contributed by atoms with Crippen molar-refractivity contribution in [1.29, 1.82) is 0 Å². The van der Waals surface area contributed by atoms with E-state index in [1.807, 2.05) is 6.07 Å². The molecule has 0 aliphatic carbocycles. The summed E-state index contributed by atoms with van der Waals surface area (Å²) in [7, 11) is 0. The van der Waals surface area contributed by atoms with Crippen LogP contribution in [0.4, 0.5) is 0 Å². The number of nitrogens with one attached hydrogen (secondary N) is 1. The molecule has 0 aromatic carbocycles. The summed E-state index contributed by atoms with van der Waals surface area (Å²) in [6.07, 6.45) is 3.66. The Hall–Kier alpha value is -0.770. The molecule has 0 aliphatic heterocycles.